The van der Waals surface area contributed by atoms with Crippen LogP contribution in [0.25, 0.3) is 0 Å². The number of rotatable bonds is 4. The lowest BCUT2D eigenvalue weighted by Gasteiger charge is -2.07. The fraction of sp³-hybridized carbons (Fsp3) is 0.167. The standard InChI is InChI=1S/C12H11BrFN3O2/c1-18-11-9(13)6-16-12(17-11)19-8-3-2-7(5-15)10(14)4-8/h2-4,6H,5,15H2,1H3. The topological polar surface area (TPSA) is 70.3 Å². The number of hydrogen-bond acceptors (Lipinski definition) is 5. The Morgan fingerprint density at radius 3 is 2.84 bits per heavy atom. The molecule has 0 aliphatic carbocycles. The van der Waals surface area contributed by atoms with E-state index in [9.17, 15) is 4.39 Å². The second kappa shape index (κ2) is 5.94. The lowest BCUT2D eigenvalue weighted by molar-refractivity contribution is 0.373. The first-order valence-corrected chi connectivity index (χ1v) is 6.16. The molecule has 0 aliphatic rings. The number of halogens is 2. The van der Waals surface area contributed by atoms with Crippen LogP contribution in [-0.4, -0.2) is 17.1 Å². The minimum Gasteiger partial charge on any atom is -0.480 e. The van der Waals surface area contributed by atoms with E-state index in [4.69, 9.17) is 15.2 Å². The molecule has 19 heavy (non-hydrogen) atoms. The van der Waals surface area contributed by atoms with Gasteiger partial charge in [-0.15, -0.1) is 0 Å². The van der Waals surface area contributed by atoms with Crippen LogP contribution in [0.2, 0.25) is 0 Å². The van der Waals surface area contributed by atoms with Crippen LogP contribution < -0.4 is 15.2 Å². The quantitative estimate of drug-likeness (QED) is 0.934. The van der Waals surface area contributed by atoms with Crippen molar-refractivity contribution in [2.45, 2.75) is 6.54 Å². The van der Waals surface area contributed by atoms with Crippen molar-refractivity contribution >= 4 is 15.9 Å². The van der Waals surface area contributed by atoms with Gasteiger partial charge in [0, 0.05) is 18.2 Å². The van der Waals surface area contributed by atoms with Gasteiger partial charge in [-0.2, -0.15) is 4.98 Å². The van der Waals surface area contributed by atoms with Crippen molar-refractivity contribution in [1.29, 1.82) is 0 Å². The van der Waals surface area contributed by atoms with Crippen LogP contribution in [-0.2, 0) is 6.54 Å². The van der Waals surface area contributed by atoms with Crippen LogP contribution in [0.5, 0.6) is 17.6 Å². The molecule has 0 unspecified atom stereocenters. The van der Waals surface area contributed by atoms with E-state index in [2.05, 4.69) is 25.9 Å². The number of aromatic nitrogens is 2. The van der Waals surface area contributed by atoms with Crippen molar-refractivity contribution < 1.29 is 13.9 Å². The van der Waals surface area contributed by atoms with Gasteiger partial charge in [0.05, 0.1) is 17.8 Å². The van der Waals surface area contributed by atoms with Crippen molar-refractivity contribution in [1.82, 2.24) is 9.97 Å². The summed E-state index contributed by atoms with van der Waals surface area (Å²) in [6.45, 7) is 0.134. The van der Waals surface area contributed by atoms with Crippen LogP contribution >= 0.6 is 15.9 Å². The van der Waals surface area contributed by atoms with E-state index in [0.717, 1.165) is 0 Å². The molecule has 0 saturated carbocycles. The molecule has 100 valence electrons. The van der Waals surface area contributed by atoms with Gasteiger partial charge in [0.25, 0.3) is 0 Å². The summed E-state index contributed by atoms with van der Waals surface area (Å²) >= 11 is 3.23. The average Bonchev–Trinajstić information content (AvgIpc) is 2.41. The van der Waals surface area contributed by atoms with E-state index in [1.54, 1.807) is 12.1 Å². The van der Waals surface area contributed by atoms with Crippen molar-refractivity contribution in [3.63, 3.8) is 0 Å². The van der Waals surface area contributed by atoms with Gasteiger partial charge in [0.15, 0.2) is 0 Å². The second-order valence-corrected chi connectivity index (χ2v) is 4.42. The van der Waals surface area contributed by atoms with E-state index < -0.39 is 5.82 Å². The second-order valence-electron chi connectivity index (χ2n) is 3.57. The molecule has 0 spiro atoms. The molecule has 7 heteroatoms. The monoisotopic (exact) mass is 327 g/mol. The summed E-state index contributed by atoms with van der Waals surface area (Å²) in [5.41, 5.74) is 5.80. The summed E-state index contributed by atoms with van der Waals surface area (Å²) in [4.78, 5) is 7.96. The minimum atomic E-state index is -0.427. The van der Waals surface area contributed by atoms with E-state index in [1.165, 1.54) is 19.4 Å². The fourth-order valence-corrected chi connectivity index (χ4v) is 1.74. The van der Waals surface area contributed by atoms with Crippen molar-refractivity contribution in [2.24, 2.45) is 5.73 Å². The zero-order valence-electron chi connectivity index (χ0n) is 10.1. The molecule has 0 atom stereocenters. The smallest absolute Gasteiger partial charge is 0.325 e. The summed E-state index contributed by atoms with van der Waals surface area (Å²) in [5, 5.41) is 0. The third-order valence-electron chi connectivity index (χ3n) is 2.34. The summed E-state index contributed by atoms with van der Waals surface area (Å²) in [6.07, 6.45) is 1.49. The Morgan fingerprint density at radius 1 is 1.42 bits per heavy atom. The summed E-state index contributed by atoms with van der Waals surface area (Å²) in [6, 6.07) is 4.46. The predicted molar refractivity (Wildman–Crippen MR) is 70.6 cm³/mol. The zero-order valence-corrected chi connectivity index (χ0v) is 11.6. The van der Waals surface area contributed by atoms with Gasteiger partial charge in [-0.05, 0) is 22.0 Å². The highest BCUT2D eigenvalue weighted by Gasteiger charge is 2.08. The van der Waals surface area contributed by atoms with Gasteiger partial charge in [0.1, 0.15) is 11.6 Å². The zero-order chi connectivity index (χ0) is 13.8. The fourth-order valence-electron chi connectivity index (χ4n) is 1.39. The summed E-state index contributed by atoms with van der Waals surface area (Å²) in [7, 11) is 1.48. The van der Waals surface area contributed by atoms with Crippen molar-refractivity contribution in [3.8, 4) is 17.6 Å². The Balaban J connectivity index is 2.23. The normalized spacial score (nSPS) is 10.3. The SMILES string of the molecule is COc1nc(Oc2ccc(CN)c(F)c2)ncc1Br. The summed E-state index contributed by atoms with van der Waals surface area (Å²) in [5.74, 6) is 0.201. The maximum Gasteiger partial charge on any atom is 0.325 e. The molecule has 2 aromatic rings. The van der Waals surface area contributed by atoms with Gasteiger partial charge in [-0.1, -0.05) is 6.07 Å². The van der Waals surface area contributed by atoms with Crippen molar-refractivity contribution in [3.05, 3.63) is 40.2 Å². The highest BCUT2D eigenvalue weighted by molar-refractivity contribution is 9.10. The molecular weight excluding hydrogens is 317 g/mol. The summed E-state index contributed by atoms with van der Waals surface area (Å²) < 4.78 is 24.5. The maximum atomic E-state index is 13.5. The average molecular weight is 328 g/mol. The van der Waals surface area contributed by atoms with E-state index in [1.807, 2.05) is 0 Å². The van der Waals surface area contributed by atoms with Gasteiger partial charge < -0.3 is 15.2 Å². The molecule has 2 rings (SSSR count). The first kappa shape index (κ1) is 13.7. The predicted octanol–water partition coefficient (Wildman–Crippen LogP) is 2.64. The van der Waals surface area contributed by atoms with Gasteiger partial charge in [0.2, 0.25) is 5.88 Å². The van der Waals surface area contributed by atoms with Crippen LogP contribution in [0, 0.1) is 5.82 Å². The van der Waals surface area contributed by atoms with Crippen molar-refractivity contribution in [2.75, 3.05) is 7.11 Å². The van der Waals surface area contributed by atoms with Crippen LogP contribution in [0.4, 0.5) is 4.39 Å². The molecule has 2 N–H and O–H groups in total. The Kier molecular flexibility index (Phi) is 4.28. The number of benzene rings is 1. The number of nitrogens with two attached hydrogens (primary N) is 1. The van der Waals surface area contributed by atoms with Gasteiger partial charge in [-0.25, -0.2) is 9.37 Å². The van der Waals surface area contributed by atoms with E-state index in [-0.39, 0.29) is 12.6 Å². The molecule has 0 aliphatic heterocycles. The molecule has 0 bridgehead atoms. The first-order chi connectivity index (χ1) is 9.13. The molecule has 1 aromatic heterocycles. The molecule has 0 fully saturated rings. The number of ether oxygens (including phenoxy) is 2. The third kappa shape index (κ3) is 3.18. The molecule has 5 nitrogen and oxygen atoms in total. The van der Waals surface area contributed by atoms with Crippen LogP contribution in [0.3, 0.4) is 0 Å². The number of hydrogen-bond donors (Lipinski definition) is 1. The molecule has 0 saturated heterocycles. The highest BCUT2D eigenvalue weighted by atomic mass is 79.9. The molecule has 1 heterocycles. The van der Waals surface area contributed by atoms with E-state index in [0.29, 0.717) is 21.7 Å². The minimum absolute atomic E-state index is 0.0694. The molecular formula is C12H11BrFN3O2. The van der Waals surface area contributed by atoms with Gasteiger partial charge in [-0.3, -0.25) is 0 Å². The van der Waals surface area contributed by atoms with Gasteiger partial charge >= 0.3 is 6.01 Å². The lowest BCUT2D eigenvalue weighted by Crippen LogP contribution is -2.00. The molecule has 0 radical (unpaired) electrons. The molecule has 0 amide bonds. The Labute approximate surface area is 117 Å². The number of methoxy groups -OCH3 is 1. The van der Waals surface area contributed by atoms with Crippen LogP contribution in [0.15, 0.2) is 28.9 Å². The Bertz CT molecular complexity index is 595. The lowest BCUT2D eigenvalue weighted by atomic mass is 10.2. The van der Waals surface area contributed by atoms with E-state index >= 15 is 0 Å². The third-order valence-corrected chi connectivity index (χ3v) is 2.88. The maximum absolute atomic E-state index is 13.5. The number of nitrogens with zero attached hydrogens (tertiary/aromatic N) is 2. The Morgan fingerprint density at radius 2 is 2.21 bits per heavy atom. The molecule has 1 aromatic carbocycles. The highest BCUT2D eigenvalue weighted by Crippen LogP contribution is 2.26. The Hall–Kier alpha value is -1.73. The van der Waals surface area contributed by atoms with Crippen LogP contribution in [0.1, 0.15) is 5.56 Å². The largest absolute Gasteiger partial charge is 0.480 e. The first-order valence-electron chi connectivity index (χ1n) is 5.37.